The highest BCUT2D eigenvalue weighted by molar-refractivity contribution is 8.13. The van der Waals surface area contributed by atoms with Crippen LogP contribution in [0.2, 0.25) is 0 Å². The van der Waals surface area contributed by atoms with Gasteiger partial charge in [-0.1, -0.05) is 0 Å². The van der Waals surface area contributed by atoms with Crippen LogP contribution in [0.25, 0.3) is 0 Å². The highest BCUT2D eigenvalue weighted by Crippen LogP contribution is 2.28. The molecule has 0 spiro atoms. The minimum Gasteiger partial charge on any atom is -0.493 e. The van der Waals surface area contributed by atoms with Crippen LogP contribution < -0.4 is 4.74 Å². The van der Waals surface area contributed by atoms with Crippen LogP contribution in [0.5, 0.6) is 5.75 Å². The Morgan fingerprint density at radius 1 is 1.37 bits per heavy atom. The van der Waals surface area contributed by atoms with E-state index in [1.807, 2.05) is 0 Å². The first kappa shape index (κ1) is 14.6. The zero-order valence-electron chi connectivity index (χ0n) is 11.0. The number of benzene rings is 1. The van der Waals surface area contributed by atoms with Gasteiger partial charge in [-0.2, -0.15) is 0 Å². The van der Waals surface area contributed by atoms with Crippen LogP contribution in [0, 0.1) is 19.8 Å². The van der Waals surface area contributed by atoms with Crippen molar-refractivity contribution in [2.75, 3.05) is 19.8 Å². The molecule has 0 N–H and O–H groups in total. The lowest BCUT2D eigenvalue weighted by Gasteiger charge is -2.13. The first-order valence-corrected chi connectivity index (χ1v) is 8.45. The summed E-state index contributed by atoms with van der Waals surface area (Å²) in [5.41, 5.74) is 1.21. The maximum atomic E-state index is 11.5. The van der Waals surface area contributed by atoms with Crippen LogP contribution in [-0.2, 0) is 13.8 Å². The fraction of sp³-hybridized carbons (Fsp3) is 0.538. The number of aryl methyl sites for hydroxylation is 2. The highest BCUT2D eigenvalue weighted by atomic mass is 35.7. The van der Waals surface area contributed by atoms with Crippen molar-refractivity contribution < 1.29 is 17.9 Å². The normalized spacial score (nSPS) is 19.6. The van der Waals surface area contributed by atoms with E-state index in [1.54, 1.807) is 26.0 Å². The van der Waals surface area contributed by atoms with E-state index < -0.39 is 9.05 Å². The molecule has 1 aliphatic rings. The summed E-state index contributed by atoms with van der Waals surface area (Å²) in [5.74, 6) is 1.09. The zero-order chi connectivity index (χ0) is 14.0. The van der Waals surface area contributed by atoms with E-state index in [9.17, 15) is 8.42 Å². The molecular weight excluding hydrogens is 288 g/mol. The summed E-state index contributed by atoms with van der Waals surface area (Å²) in [4.78, 5) is 0.172. The van der Waals surface area contributed by atoms with Crippen molar-refractivity contribution in [3.8, 4) is 5.75 Å². The molecule has 0 radical (unpaired) electrons. The minimum absolute atomic E-state index is 0.172. The van der Waals surface area contributed by atoms with E-state index in [0.717, 1.165) is 19.6 Å². The molecule has 0 aromatic heterocycles. The molecule has 6 heteroatoms. The van der Waals surface area contributed by atoms with Gasteiger partial charge in [-0.05, 0) is 43.5 Å². The molecule has 0 bridgehead atoms. The largest absolute Gasteiger partial charge is 0.493 e. The predicted molar refractivity (Wildman–Crippen MR) is 73.4 cm³/mol. The van der Waals surface area contributed by atoms with Crippen molar-refractivity contribution in [3.63, 3.8) is 0 Å². The van der Waals surface area contributed by atoms with Crippen LogP contribution in [0.4, 0.5) is 0 Å². The molecule has 1 aromatic carbocycles. The van der Waals surface area contributed by atoms with Crippen LogP contribution in [0.3, 0.4) is 0 Å². The third-order valence-corrected chi connectivity index (χ3v) is 4.78. The van der Waals surface area contributed by atoms with Gasteiger partial charge in [0.25, 0.3) is 9.05 Å². The quantitative estimate of drug-likeness (QED) is 0.803. The fourth-order valence-electron chi connectivity index (χ4n) is 2.31. The van der Waals surface area contributed by atoms with E-state index in [1.165, 1.54) is 0 Å². The number of hydrogen-bond acceptors (Lipinski definition) is 4. The summed E-state index contributed by atoms with van der Waals surface area (Å²) < 4.78 is 33.9. The van der Waals surface area contributed by atoms with Crippen molar-refractivity contribution in [1.29, 1.82) is 0 Å². The van der Waals surface area contributed by atoms with Crippen LogP contribution in [0.1, 0.15) is 17.5 Å². The fourth-order valence-corrected chi connectivity index (χ4v) is 3.92. The lowest BCUT2D eigenvalue weighted by atomic mass is 10.1. The van der Waals surface area contributed by atoms with E-state index in [0.29, 0.717) is 29.4 Å². The number of hydrogen-bond donors (Lipinski definition) is 0. The molecule has 4 nitrogen and oxygen atoms in total. The molecule has 1 aromatic rings. The molecule has 1 saturated heterocycles. The third kappa shape index (κ3) is 3.61. The van der Waals surface area contributed by atoms with Gasteiger partial charge in [-0.3, -0.25) is 0 Å². The van der Waals surface area contributed by atoms with Gasteiger partial charge in [0, 0.05) is 23.2 Å². The van der Waals surface area contributed by atoms with Gasteiger partial charge in [0.05, 0.1) is 18.1 Å². The van der Waals surface area contributed by atoms with Gasteiger partial charge in [-0.25, -0.2) is 8.42 Å². The van der Waals surface area contributed by atoms with Crippen LogP contribution >= 0.6 is 10.7 Å². The number of rotatable bonds is 4. The zero-order valence-corrected chi connectivity index (χ0v) is 12.6. The number of halogens is 1. The molecule has 106 valence electrons. The molecular formula is C13H17ClO4S. The lowest BCUT2D eigenvalue weighted by molar-refractivity contribution is 0.167. The van der Waals surface area contributed by atoms with Crippen LogP contribution in [0.15, 0.2) is 17.0 Å². The van der Waals surface area contributed by atoms with Gasteiger partial charge < -0.3 is 9.47 Å². The summed E-state index contributed by atoms with van der Waals surface area (Å²) in [6.45, 7) is 5.54. The standard InChI is InChI=1S/C13H17ClO4S/c1-9-5-12(18-8-11-3-4-17-7-11)6-10(2)13(9)19(14,15)16/h5-6,11H,3-4,7-8H2,1-2H3. The first-order valence-electron chi connectivity index (χ1n) is 6.14. The Bertz CT molecular complexity index is 539. The van der Waals surface area contributed by atoms with Crippen molar-refractivity contribution in [1.82, 2.24) is 0 Å². The summed E-state index contributed by atoms with van der Waals surface area (Å²) >= 11 is 0. The minimum atomic E-state index is -3.71. The Morgan fingerprint density at radius 3 is 2.47 bits per heavy atom. The SMILES string of the molecule is Cc1cc(OCC2CCOC2)cc(C)c1S(=O)(=O)Cl. The van der Waals surface area contributed by atoms with Gasteiger partial charge >= 0.3 is 0 Å². The first-order chi connectivity index (χ1) is 8.88. The van der Waals surface area contributed by atoms with E-state index >= 15 is 0 Å². The number of ether oxygens (including phenoxy) is 2. The van der Waals surface area contributed by atoms with Crippen molar-refractivity contribution in [3.05, 3.63) is 23.3 Å². The Hall–Kier alpha value is -0.780. The molecule has 2 rings (SSSR count). The summed E-state index contributed by atoms with van der Waals surface area (Å²) in [6.07, 6.45) is 1.01. The van der Waals surface area contributed by atoms with E-state index in [-0.39, 0.29) is 4.90 Å². The summed E-state index contributed by atoms with van der Waals surface area (Å²) in [5, 5.41) is 0. The second-order valence-corrected chi connectivity index (χ2v) is 7.37. The second kappa shape index (κ2) is 5.69. The monoisotopic (exact) mass is 304 g/mol. The molecule has 1 fully saturated rings. The predicted octanol–water partition coefficient (Wildman–Crippen LogP) is 2.65. The molecule has 19 heavy (non-hydrogen) atoms. The smallest absolute Gasteiger partial charge is 0.261 e. The van der Waals surface area contributed by atoms with Gasteiger partial charge in [0.15, 0.2) is 0 Å². The Balaban J connectivity index is 2.15. The van der Waals surface area contributed by atoms with E-state index in [2.05, 4.69) is 0 Å². The van der Waals surface area contributed by atoms with Gasteiger partial charge in [-0.15, -0.1) is 0 Å². The average molecular weight is 305 g/mol. The molecule has 1 unspecified atom stereocenters. The molecule has 1 atom stereocenters. The Labute approximate surface area is 118 Å². The van der Waals surface area contributed by atoms with Gasteiger partial charge in [0.2, 0.25) is 0 Å². The maximum absolute atomic E-state index is 11.5. The maximum Gasteiger partial charge on any atom is 0.261 e. The molecule has 0 saturated carbocycles. The average Bonchev–Trinajstić information content (AvgIpc) is 2.76. The molecule has 0 amide bonds. The molecule has 0 aliphatic carbocycles. The summed E-state index contributed by atoms with van der Waals surface area (Å²) in [6, 6.07) is 3.41. The van der Waals surface area contributed by atoms with Crippen LogP contribution in [-0.4, -0.2) is 28.2 Å². The van der Waals surface area contributed by atoms with Crippen molar-refractivity contribution in [2.45, 2.75) is 25.2 Å². The highest BCUT2D eigenvalue weighted by Gasteiger charge is 2.19. The van der Waals surface area contributed by atoms with Crippen molar-refractivity contribution in [2.24, 2.45) is 5.92 Å². The molecule has 1 aliphatic heterocycles. The Kier molecular flexibility index (Phi) is 4.38. The van der Waals surface area contributed by atoms with E-state index in [4.69, 9.17) is 20.2 Å². The topological polar surface area (TPSA) is 52.6 Å². The van der Waals surface area contributed by atoms with Gasteiger partial charge in [0.1, 0.15) is 5.75 Å². The van der Waals surface area contributed by atoms with Crippen molar-refractivity contribution >= 4 is 19.7 Å². The second-order valence-electron chi connectivity index (χ2n) is 4.86. The molecule has 1 heterocycles. The Morgan fingerprint density at radius 2 is 2.00 bits per heavy atom. The third-order valence-electron chi connectivity index (χ3n) is 3.19. The lowest BCUT2D eigenvalue weighted by Crippen LogP contribution is -2.12. The summed E-state index contributed by atoms with van der Waals surface area (Å²) in [7, 11) is 1.70.